The van der Waals surface area contributed by atoms with Crippen LogP contribution in [0.25, 0.3) is 6.08 Å². The Kier molecular flexibility index (Phi) is 4.32. The first-order chi connectivity index (χ1) is 9.97. The lowest BCUT2D eigenvalue weighted by Gasteiger charge is -2.31. The molecule has 1 aromatic heterocycles. The number of hydrogen-bond acceptors (Lipinski definition) is 4. The first-order valence-corrected chi connectivity index (χ1v) is 6.37. The molecule has 0 radical (unpaired) electrons. The maximum absolute atomic E-state index is 12.2. The molecule has 21 heavy (non-hydrogen) atoms. The highest BCUT2D eigenvalue weighted by atomic mass is 16.4. The van der Waals surface area contributed by atoms with E-state index in [1.165, 1.54) is 23.2 Å². The SMILES string of the molecule is CN1CCN(C(=O)c2ccc(C=CC(=O)O)cn2)CC1=O. The molecule has 0 aromatic carbocycles. The summed E-state index contributed by atoms with van der Waals surface area (Å²) in [6, 6.07) is 3.13. The first kappa shape index (κ1) is 14.7. The van der Waals surface area contributed by atoms with Gasteiger partial charge >= 0.3 is 5.97 Å². The summed E-state index contributed by atoms with van der Waals surface area (Å²) in [6.07, 6.45) is 3.81. The van der Waals surface area contributed by atoms with Crippen molar-refractivity contribution >= 4 is 23.9 Å². The number of nitrogens with zero attached hydrogens (tertiary/aromatic N) is 3. The smallest absolute Gasteiger partial charge is 0.328 e. The Morgan fingerprint density at radius 3 is 2.67 bits per heavy atom. The van der Waals surface area contributed by atoms with Crippen LogP contribution < -0.4 is 0 Å². The summed E-state index contributed by atoms with van der Waals surface area (Å²) in [5.41, 5.74) is 0.822. The van der Waals surface area contributed by atoms with Gasteiger partial charge in [-0.1, -0.05) is 6.07 Å². The predicted molar refractivity (Wildman–Crippen MR) is 74.4 cm³/mol. The molecule has 1 fully saturated rings. The number of carboxylic acid groups (broad SMARTS) is 1. The summed E-state index contributed by atoms with van der Waals surface area (Å²) < 4.78 is 0. The van der Waals surface area contributed by atoms with Crippen LogP contribution in [0.1, 0.15) is 16.1 Å². The van der Waals surface area contributed by atoms with Gasteiger partial charge in [-0.2, -0.15) is 0 Å². The average Bonchev–Trinajstić information content (AvgIpc) is 2.48. The van der Waals surface area contributed by atoms with Crippen LogP contribution in [0.3, 0.4) is 0 Å². The second kappa shape index (κ2) is 6.17. The molecule has 1 aliphatic heterocycles. The molecule has 1 aromatic rings. The van der Waals surface area contributed by atoms with Crippen LogP contribution in [0.4, 0.5) is 0 Å². The third kappa shape index (κ3) is 3.65. The van der Waals surface area contributed by atoms with Gasteiger partial charge in [0.1, 0.15) is 12.2 Å². The molecular formula is C14H15N3O4. The van der Waals surface area contributed by atoms with Crippen LogP contribution in [0.5, 0.6) is 0 Å². The number of hydrogen-bond donors (Lipinski definition) is 1. The maximum Gasteiger partial charge on any atom is 0.328 e. The van der Waals surface area contributed by atoms with Gasteiger partial charge in [0.25, 0.3) is 5.91 Å². The number of rotatable bonds is 3. The number of amides is 2. The molecule has 1 saturated heterocycles. The molecule has 0 aliphatic carbocycles. The lowest BCUT2D eigenvalue weighted by atomic mass is 10.2. The van der Waals surface area contributed by atoms with Crippen LogP contribution in [-0.4, -0.2) is 64.4 Å². The monoisotopic (exact) mass is 289 g/mol. The minimum atomic E-state index is -1.05. The van der Waals surface area contributed by atoms with Gasteiger partial charge in [0.05, 0.1) is 0 Å². The van der Waals surface area contributed by atoms with E-state index >= 15 is 0 Å². The van der Waals surface area contributed by atoms with Gasteiger partial charge in [0.2, 0.25) is 5.91 Å². The first-order valence-electron chi connectivity index (χ1n) is 6.37. The Hall–Kier alpha value is -2.70. The van der Waals surface area contributed by atoms with E-state index in [4.69, 9.17) is 5.11 Å². The van der Waals surface area contributed by atoms with E-state index in [0.29, 0.717) is 18.7 Å². The fourth-order valence-corrected chi connectivity index (χ4v) is 1.89. The average molecular weight is 289 g/mol. The Labute approximate surface area is 121 Å². The fourth-order valence-electron chi connectivity index (χ4n) is 1.89. The number of pyridine rings is 1. The number of likely N-dealkylation sites (N-methyl/N-ethyl adjacent to an activating group) is 1. The van der Waals surface area contributed by atoms with E-state index < -0.39 is 5.97 Å². The van der Waals surface area contributed by atoms with Crippen molar-refractivity contribution in [2.45, 2.75) is 0 Å². The van der Waals surface area contributed by atoms with Crippen molar-refractivity contribution < 1.29 is 19.5 Å². The standard InChI is InChI=1S/C14H15N3O4/c1-16-6-7-17(9-12(16)18)14(21)11-4-2-10(8-15-11)3-5-13(19)20/h2-5,8H,6-7,9H2,1H3,(H,19,20). The Bertz CT molecular complexity index is 595. The highest BCUT2D eigenvalue weighted by molar-refractivity contribution is 5.95. The second-order valence-corrected chi connectivity index (χ2v) is 4.69. The van der Waals surface area contributed by atoms with Crippen molar-refractivity contribution in [2.24, 2.45) is 0 Å². The van der Waals surface area contributed by atoms with Crippen molar-refractivity contribution in [3.05, 3.63) is 35.7 Å². The molecule has 0 bridgehead atoms. The second-order valence-electron chi connectivity index (χ2n) is 4.69. The molecule has 110 valence electrons. The van der Waals surface area contributed by atoms with Gasteiger partial charge in [0, 0.05) is 32.4 Å². The van der Waals surface area contributed by atoms with Crippen molar-refractivity contribution in [3.63, 3.8) is 0 Å². The fraction of sp³-hybridized carbons (Fsp3) is 0.286. The summed E-state index contributed by atoms with van der Waals surface area (Å²) in [7, 11) is 1.70. The summed E-state index contributed by atoms with van der Waals surface area (Å²) >= 11 is 0. The van der Waals surface area contributed by atoms with Crippen LogP contribution in [0.15, 0.2) is 24.4 Å². The largest absolute Gasteiger partial charge is 0.478 e. The Balaban J connectivity index is 2.06. The molecule has 0 saturated carbocycles. The molecule has 2 rings (SSSR count). The van der Waals surface area contributed by atoms with Crippen molar-refractivity contribution in [1.82, 2.24) is 14.8 Å². The minimum absolute atomic E-state index is 0.0533. The Morgan fingerprint density at radius 2 is 2.10 bits per heavy atom. The zero-order chi connectivity index (χ0) is 15.4. The van der Waals surface area contributed by atoms with Gasteiger partial charge in [-0.05, 0) is 17.7 Å². The molecule has 7 heteroatoms. The predicted octanol–water partition coefficient (Wildman–Crippen LogP) is 0.0936. The zero-order valence-electron chi connectivity index (χ0n) is 11.5. The third-order valence-corrected chi connectivity index (χ3v) is 3.17. The zero-order valence-corrected chi connectivity index (χ0v) is 11.5. The maximum atomic E-state index is 12.2. The molecule has 2 heterocycles. The third-order valence-electron chi connectivity index (χ3n) is 3.17. The summed E-state index contributed by atoms with van der Waals surface area (Å²) in [6.45, 7) is 1.03. The van der Waals surface area contributed by atoms with Crippen molar-refractivity contribution in [1.29, 1.82) is 0 Å². The molecule has 2 amide bonds. The van der Waals surface area contributed by atoms with Gasteiger partial charge in [0.15, 0.2) is 0 Å². The molecule has 1 N–H and O–H groups in total. The van der Waals surface area contributed by atoms with Crippen LogP contribution >= 0.6 is 0 Å². The number of piperazine rings is 1. The number of carbonyl (C=O) groups is 3. The van der Waals surface area contributed by atoms with E-state index in [9.17, 15) is 14.4 Å². The van der Waals surface area contributed by atoms with Crippen LogP contribution in [0, 0.1) is 0 Å². The number of aliphatic carboxylic acids is 1. The molecule has 7 nitrogen and oxygen atoms in total. The van der Waals surface area contributed by atoms with Gasteiger partial charge in [-0.15, -0.1) is 0 Å². The van der Waals surface area contributed by atoms with E-state index in [1.54, 1.807) is 18.0 Å². The highest BCUT2D eigenvalue weighted by Crippen LogP contribution is 2.08. The number of carbonyl (C=O) groups excluding carboxylic acids is 2. The molecular weight excluding hydrogens is 274 g/mol. The highest BCUT2D eigenvalue weighted by Gasteiger charge is 2.26. The van der Waals surface area contributed by atoms with Crippen molar-refractivity contribution in [3.8, 4) is 0 Å². The van der Waals surface area contributed by atoms with Crippen LogP contribution in [0.2, 0.25) is 0 Å². The topological polar surface area (TPSA) is 90.8 Å². The quantitative estimate of drug-likeness (QED) is 0.797. The number of aromatic nitrogens is 1. The van der Waals surface area contributed by atoms with E-state index in [2.05, 4.69) is 4.98 Å². The normalized spacial score (nSPS) is 15.6. The van der Waals surface area contributed by atoms with Gasteiger partial charge < -0.3 is 14.9 Å². The van der Waals surface area contributed by atoms with Crippen LogP contribution in [-0.2, 0) is 9.59 Å². The molecule has 1 aliphatic rings. The minimum Gasteiger partial charge on any atom is -0.478 e. The molecule has 0 atom stereocenters. The van der Waals surface area contributed by atoms with E-state index in [-0.39, 0.29) is 24.1 Å². The van der Waals surface area contributed by atoms with Crippen molar-refractivity contribution in [2.75, 3.05) is 26.7 Å². The molecule has 0 unspecified atom stereocenters. The van der Waals surface area contributed by atoms with Gasteiger partial charge in [-0.3, -0.25) is 14.6 Å². The van der Waals surface area contributed by atoms with E-state index in [1.807, 2.05) is 0 Å². The lowest BCUT2D eigenvalue weighted by molar-refractivity contribution is -0.133. The Morgan fingerprint density at radius 1 is 1.33 bits per heavy atom. The lowest BCUT2D eigenvalue weighted by Crippen LogP contribution is -2.50. The summed E-state index contributed by atoms with van der Waals surface area (Å²) in [5.74, 6) is -1.45. The summed E-state index contributed by atoms with van der Waals surface area (Å²) in [5, 5.41) is 8.53. The van der Waals surface area contributed by atoms with Gasteiger partial charge in [-0.25, -0.2) is 4.79 Å². The summed E-state index contributed by atoms with van der Waals surface area (Å²) in [4.78, 5) is 41.3. The van der Waals surface area contributed by atoms with E-state index in [0.717, 1.165) is 6.08 Å². The molecule has 0 spiro atoms. The number of carboxylic acids is 1.